The molecular weight excluding hydrogens is 258 g/mol. The lowest BCUT2D eigenvalue weighted by atomic mass is 10.1. The second kappa shape index (κ2) is 5.94. The van der Waals surface area contributed by atoms with Crippen LogP contribution in [0.2, 0.25) is 0 Å². The Morgan fingerprint density at radius 3 is 2.70 bits per heavy atom. The molecular formula is C13H23N5O2. The van der Waals surface area contributed by atoms with Crippen LogP contribution < -0.4 is 16.2 Å². The van der Waals surface area contributed by atoms with Gasteiger partial charge in [-0.15, -0.1) is 0 Å². The summed E-state index contributed by atoms with van der Waals surface area (Å²) in [6.45, 7) is 8.12. The van der Waals surface area contributed by atoms with Crippen LogP contribution in [0.4, 0.5) is 5.82 Å². The van der Waals surface area contributed by atoms with Crippen molar-refractivity contribution < 1.29 is 5.21 Å². The van der Waals surface area contributed by atoms with Gasteiger partial charge in [0.2, 0.25) is 0 Å². The molecule has 0 saturated heterocycles. The van der Waals surface area contributed by atoms with Gasteiger partial charge in [0.25, 0.3) is 5.56 Å². The van der Waals surface area contributed by atoms with E-state index in [-0.39, 0.29) is 22.9 Å². The molecule has 0 amide bonds. The van der Waals surface area contributed by atoms with E-state index < -0.39 is 0 Å². The van der Waals surface area contributed by atoms with Gasteiger partial charge in [-0.05, 0) is 20.8 Å². The van der Waals surface area contributed by atoms with Crippen LogP contribution in [-0.4, -0.2) is 34.2 Å². The summed E-state index contributed by atoms with van der Waals surface area (Å²) in [5, 5.41) is 11.6. The van der Waals surface area contributed by atoms with E-state index in [9.17, 15) is 4.79 Å². The van der Waals surface area contributed by atoms with Crippen molar-refractivity contribution in [1.82, 2.24) is 9.55 Å². The predicted molar refractivity (Wildman–Crippen MR) is 79.3 cm³/mol. The van der Waals surface area contributed by atoms with E-state index in [0.29, 0.717) is 12.4 Å². The van der Waals surface area contributed by atoms with Crippen LogP contribution in [0.25, 0.3) is 0 Å². The molecule has 1 aromatic rings. The van der Waals surface area contributed by atoms with Gasteiger partial charge < -0.3 is 20.4 Å². The summed E-state index contributed by atoms with van der Waals surface area (Å²) < 4.78 is 1.64. The zero-order chi connectivity index (χ0) is 15.5. The van der Waals surface area contributed by atoms with Gasteiger partial charge in [0.1, 0.15) is 5.84 Å². The van der Waals surface area contributed by atoms with Gasteiger partial charge >= 0.3 is 0 Å². The van der Waals surface area contributed by atoms with Crippen LogP contribution in [-0.2, 0) is 5.54 Å². The molecule has 1 atom stereocenters. The molecule has 0 bridgehead atoms. The number of rotatable bonds is 4. The zero-order valence-corrected chi connectivity index (χ0v) is 12.7. The highest BCUT2D eigenvalue weighted by molar-refractivity contribution is 5.82. The Bertz CT molecular complexity index is 544. The maximum Gasteiger partial charge on any atom is 0.293 e. The number of aromatic nitrogens is 2. The average molecular weight is 281 g/mol. The van der Waals surface area contributed by atoms with Gasteiger partial charge in [-0.1, -0.05) is 12.1 Å². The van der Waals surface area contributed by atoms with Gasteiger partial charge in [-0.2, -0.15) is 0 Å². The summed E-state index contributed by atoms with van der Waals surface area (Å²) in [5.74, 6) is 0.290. The van der Waals surface area contributed by atoms with Crippen molar-refractivity contribution in [3.63, 3.8) is 0 Å². The first kappa shape index (κ1) is 16.0. The topological polar surface area (TPSA) is 96.7 Å². The normalized spacial score (nSPS) is 14.2. The van der Waals surface area contributed by atoms with Gasteiger partial charge in [-0.3, -0.25) is 4.79 Å². The molecule has 0 aromatic carbocycles. The Morgan fingerprint density at radius 1 is 1.60 bits per heavy atom. The van der Waals surface area contributed by atoms with Crippen LogP contribution in [0.3, 0.4) is 0 Å². The number of hydrogen-bond acceptors (Lipinski definition) is 5. The fraction of sp³-hybridized carbons (Fsp3) is 0.615. The first-order valence-corrected chi connectivity index (χ1v) is 6.45. The van der Waals surface area contributed by atoms with E-state index >= 15 is 0 Å². The summed E-state index contributed by atoms with van der Waals surface area (Å²) in [4.78, 5) is 18.3. The predicted octanol–water partition coefficient (Wildman–Crippen LogP) is 0.817. The van der Waals surface area contributed by atoms with Gasteiger partial charge in [-0.25, -0.2) is 4.98 Å². The monoisotopic (exact) mass is 281 g/mol. The first-order chi connectivity index (χ1) is 9.18. The largest absolute Gasteiger partial charge is 0.409 e. The fourth-order valence-electron chi connectivity index (χ4n) is 1.88. The first-order valence-electron chi connectivity index (χ1n) is 6.45. The van der Waals surface area contributed by atoms with Crippen molar-refractivity contribution in [3.05, 3.63) is 22.7 Å². The highest BCUT2D eigenvalue weighted by atomic mass is 16.4. The minimum Gasteiger partial charge on any atom is -0.409 e. The minimum atomic E-state index is -0.313. The van der Waals surface area contributed by atoms with Crippen LogP contribution >= 0.6 is 0 Å². The molecule has 0 spiro atoms. The smallest absolute Gasteiger partial charge is 0.293 e. The third-order valence-corrected chi connectivity index (χ3v) is 3.08. The standard InChI is InChI=1S/C13H23N5O2/c1-9(10(14)16-20)8-17(5)11-12(19)18(7-6-15-11)13(2,3)4/h6-7,9,20H,8H2,1-5H3,(H2,14,16). The van der Waals surface area contributed by atoms with Crippen LogP contribution in [0, 0.1) is 5.92 Å². The van der Waals surface area contributed by atoms with Crippen LogP contribution in [0.1, 0.15) is 27.7 Å². The molecule has 112 valence electrons. The van der Waals surface area contributed by atoms with E-state index in [2.05, 4.69) is 10.1 Å². The molecule has 0 aliphatic carbocycles. The number of oxime groups is 1. The second-order valence-electron chi connectivity index (χ2n) is 5.90. The fourth-order valence-corrected chi connectivity index (χ4v) is 1.88. The van der Waals surface area contributed by atoms with Crippen LogP contribution in [0.5, 0.6) is 0 Å². The number of amidine groups is 1. The highest BCUT2D eigenvalue weighted by Gasteiger charge is 2.20. The highest BCUT2D eigenvalue weighted by Crippen LogP contribution is 2.12. The molecule has 0 radical (unpaired) electrons. The van der Waals surface area contributed by atoms with Crippen LogP contribution in [0.15, 0.2) is 22.3 Å². The molecule has 3 N–H and O–H groups in total. The molecule has 0 aliphatic rings. The molecule has 0 aliphatic heterocycles. The van der Waals surface area contributed by atoms with Crippen molar-refractivity contribution in [2.45, 2.75) is 33.2 Å². The summed E-state index contributed by atoms with van der Waals surface area (Å²) in [6, 6.07) is 0. The summed E-state index contributed by atoms with van der Waals surface area (Å²) in [6.07, 6.45) is 3.28. The summed E-state index contributed by atoms with van der Waals surface area (Å²) >= 11 is 0. The number of nitrogens with zero attached hydrogens (tertiary/aromatic N) is 4. The lowest BCUT2D eigenvalue weighted by Crippen LogP contribution is -2.40. The zero-order valence-electron chi connectivity index (χ0n) is 12.7. The third-order valence-electron chi connectivity index (χ3n) is 3.08. The molecule has 1 unspecified atom stereocenters. The van der Waals surface area contributed by atoms with E-state index in [1.54, 1.807) is 28.9 Å². The van der Waals surface area contributed by atoms with Crippen molar-refractivity contribution >= 4 is 11.7 Å². The van der Waals surface area contributed by atoms with Gasteiger partial charge in [0.05, 0.1) is 0 Å². The maximum absolute atomic E-state index is 12.4. The Hall–Kier alpha value is -2.05. The molecule has 0 fully saturated rings. The van der Waals surface area contributed by atoms with E-state index in [1.165, 1.54) is 0 Å². The van der Waals surface area contributed by atoms with Crippen molar-refractivity contribution in [3.8, 4) is 0 Å². The van der Waals surface area contributed by atoms with Crippen molar-refractivity contribution in [1.29, 1.82) is 0 Å². The van der Waals surface area contributed by atoms with Gasteiger partial charge in [0, 0.05) is 37.4 Å². The number of hydrogen-bond donors (Lipinski definition) is 2. The van der Waals surface area contributed by atoms with Gasteiger partial charge in [0.15, 0.2) is 5.82 Å². The number of anilines is 1. The molecule has 20 heavy (non-hydrogen) atoms. The molecule has 0 saturated carbocycles. The maximum atomic E-state index is 12.4. The summed E-state index contributed by atoms with van der Waals surface area (Å²) in [7, 11) is 1.76. The minimum absolute atomic E-state index is 0.129. The van der Waals surface area contributed by atoms with E-state index in [4.69, 9.17) is 10.9 Å². The molecule has 7 heteroatoms. The molecule has 1 heterocycles. The Balaban J connectivity index is 3.07. The molecule has 1 rings (SSSR count). The molecule has 7 nitrogen and oxygen atoms in total. The summed E-state index contributed by atoms with van der Waals surface area (Å²) in [5.41, 5.74) is 5.08. The Morgan fingerprint density at radius 2 is 2.20 bits per heavy atom. The Labute approximate surface area is 118 Å². The third kappa shape index (κ3) is 3.49. The SMILES string of the molecule is CC(CN(C)c1nccn(C(C)(C)C)c1=O)C(N)=NO. The lowest BCUT2D eigenvalue weighted by molar-refractivity contribution is 0.314. The van der Waals surface area contributed by atoms with Crippen molar-refractivity contribution in [2.75, 3.05) is 18.5 Å². The van der Waals surface area contributed by atoms with Crippen molar-refractivity contribution in [2.24, 2.45) is 16.8 Å². The second-order valence-corrected chi connectivity index (χ2v) is 5.90. The van der Waals surface area contributed by atoms with E-state index in [1.807, 2.05) is 27.7 Å². The Kier molecular flexibility index (Phi) is 4.75. The molecule has 1 aromatic heterocycles. The average Bonchev–Trinajstić information content (AvgIpc) is 2.36. The quantitative estimate of drug-likeness (QED) is 0.368. The lowest BCUT2D eigenvalue weighted by Gasteiger charge is -2.26. The number of nitrogens with two attached hydrogens (primary N) is 1. The van der Waals surface area contributed by atoms with E-state index in [0.717, 1.165) is 0 Å².